The average molecular weight is 332 g/mol. The Bertz CT molecular complexity index is 672. The van der Waals surface area contributed by atoms with Crippen molar-refractivity contribution in [2.75, 3.05) is 25.1 Å². The van der Waals surface area contributed by atoms with Gasteiger partial charge in [-0.1, -0.05) is 12.1 Å². The molecule has 2 heterocycles. The standard InChI is InChI=1S/C16H20N4O4/c1-16(14(22)19-15(23)20-16)10-3-2-4-11(7-10)18-13(21)8-12-9-24-6-5-17-12/h2-4,7,12,17H,5-6,8-9H2,1H3,(H,18,21)(H2,19,20,22,23). The second kappa shape index (κ2) is 6.58. The number of benzene rings is 1. The van der Waals surface area contributed by atoms with Gasteiger partial charge in [-0.25, -0.2) is 4.79 Å². The second-order valence-corrected chi connectivity index (χ2v) is 6.09. The van der Waals surface area contributed by atoms with Crippen LogP contribution >= 0.6 is 0 Å². The van der Waals surface area contributed by atoms with Crippen LogP contribution in [0.25, 0.3) is 0 Å². The first-order valence-electron chi connectivity index (χ1n) is 7.82. The zero-order chi connectivity index (χ0) is 17.2. The van der Waals surface area contributed by atoms with Crippen molar-refractivity contribution >= 4 is 23.5 Å². The van der Waals surface area contributed by atoms with E-state index in [1.807, 2.05) is 0 Å². The number of hydrogen-bond donors (Lipinski definition) is 4. The summed E-state index contributed by atoms with van der Waals surface area (Å²) in [7, 11) is 0. The SMILES string of the molecule is CC1(c2cccc(NC(=O)CC3COCCN3)c2)NC(=O)NC1=O. The van der Waals surface area contributed by atoms with Crippen molar-refractivity contribution in [1.82, 2.24) is 16.0 Å². The number of carbonyl (C=O) groups is 3. The largest absolute Gasteiger partial charge is 0.378 e. The van der Waals surface area contributed by atoms with Gasteiger partial charge >= 0.3 is 6.03 Å². The first kappa shape index (κ1) is 16.4. The maximum atomic E-state index is 12.2. The smallest absolute Gasteiger partial charge is 0.322 e. The topological polar surface area (TPSA) is 109 Å². The molecule has 2 fully saturated rings. The molecule has 2 aliphatic rings. The number of imide groups is 1. The van der Waals surface area contributed by atoms with E-state index in [1.54, 1.807) is 31.2 Å². The van der Waals surface area contributed by atoms with Crippen molar-refractivity contribution in [2.45, 2.75) is 24.9 Å². The van der Waals surface area contributed by atoms with E-state index in [9.17, 15) is 14.4 Å². The molecule has 2 atom stereocenters. The Hall–Kier alpha value is -2.45. The van der Waals surface area contributed by atoms with Crippen LogP contribution in [0.5, 0.6) is 0 Å². The summed E-state index contributed by atoms with van der Waals surface area (Å²) in [6, 6.07) is 6.37. The van der Waals surface area contributed by atoms with E-state index in [2.05, 4.69) is 21.3 Å². The monoisotopic (exact) mass is 332 g/mol. The molecule has 2 unspecified atom stereocenters. The number of rotatable bonds is 4. The Balaban J connectivity index is 1.68. The molecule has 0 aromatic heterocycles. The van der Waals surface area contributed by atoms with Gasteiger partial charge in [0.05, 0.1) is 13.2 Å². The third kappa shape index (κ3) is 3.39. The van der Waals surface area contributed by atoms with Crippen LogP contribution in [-0.4, -0.2) is 43.6 Å². The minimum atomic E-state index is -1.14. The van der Waals surface area contributed by atoms with E-state index < -0.39 is 17.5 Å². The molecule has 8 nitrogen and oxygen atoms in total. The summed E-state index contributed by atoms with van der Waals surface area (Å²) >= 11 is 0. The molecule has 4 amide bonds. The van der Waals surface area contributed by atoms with Gasteiger partial charge in [0, 0.05) is 24.7 Å². The van der Waals surface area contributed by atoms with Crippen molar-refractivity contribution in [2.24, 2.45) is 0 Å². The van der Waals surface area contributed by atoms with E-state index in [0.29, 0.717) is 30.9 Å². The fourth-order valence-corrected chi connectivity index (χ4v) is 2.84. The quantitative estimate of drug-likeness (QED) is 0.583. The van der Waals surface area contributed by atoms with Crippen LogP contribution in [0.4, 0.5) is 10.5 Å². The maximum absolute atomic E-state index is 12.2. The second-order valence-electron chi connectivity index (χ2n) is 6.09. The predicted molar refractivity (Wildman–Crippen MR) is 86.3 cm³/mol. The predicted octanol–water partition coefficient (Wildman–Crippen LogP) is 0.0582. The van der Waals surface area contributed by atoms with Gasteiger partial charge in [0.25, 0.3) is 5.91 Å². The first-order chi connectivity index (χ1) is 11.5. The molecule has 24 heavy (non-hydrogen) atoms. The van der Waals surface area contributed by atoms with Gasteiger partial charge in [0.15, 0.2) is 0 Å². The molecule has 2 aliphatic heterocycles. The summed E-state index contributed by atoms with van der Waals surface area (Å²) in [5, 5.41) is 10.9. The highest BCUT2D eigenvalue weighted by Gasteiger charge is 2.43. The van der Waals surface area contributed by atoms with Crippen LogP contribution in [0.1, 0.15) is 18.9 Å². The Morgan fingerprint density at radius 2 is 2.25 bits per heavy atom. The van der Waals surface area contributed by atoms with Gasteiger partial charge in [-0.05, 0) is 24.6 Å². The van der Waals surface area contributed by atoms with Gasteiger partial charge in [-0.3, -0.25) is 14.9 Å². The zero-order valence-electron chi connectivity index (χ0n) is 13.3. The maximum Gasteiger partial charge on any atom is 0.322 e. The zero-order valence-corrected chi connectivity index (χ0v) is 13.3. The molecule has 1 aromatic rings. The summed E-state index contributed by atoms with van der Waals surface area (Å²) in [5.41, 5.74) is 0.0310. The van der Waals surface area contributed by atoms with Crippen LogP contribution in [0, 0.1) is 0 Å². The van der Waals surface area contributed by atoms with Gasteiger partial charge in [0.2, 0.25) is 5.91 Å². The van der Waals surface area contributed by atoms with Crippen LogP contribution in [0.15, 0.2) is 24.3 Å². The number of hydrogen-bond acceptors (Lipinski definition) is 5. The lowest BCUT2D eigenvalue weighted by molar-refractivity contribution is -0.123. The molecule has 8 heteroatoms. The molecule has 0 bridgehead atoms. The molecule has 0 spiro atoms. The third-order valence-corrected chi connectivity index (χ3v) is 4.20. The minimum Gasteiger partial charge on any atom is -0.378 e. The fourth-order valence-electron chi connectivity index (χ4n) is 2.84. The van der Waals surface area contributed by atoms with E-state index in [4.69, 9.17) is 4.74 Å². The molecule has 2 saturated heterocycles. The lowest BCUT2D eigenvalue weighted by atomic mass is 9.92. The highest BCUT2D eigenvalue weighted by atomic mass is 16.5. The molecule has 0 saturated carbocycles. The first-order valence-corrected chi connectivity index (χ1v) is 7.82. The van der Waals surface area contributed by atoms with Crippen molar-refractivity contribution in [3.8, 4) is 0 Å². The van der Waals surface area contributed by atoms with E-state index in [-0.39, 0.29) is 11.9 Å². The summed E-state index contributed by atoms with van der Waals surface area (Å²) in [6.07, 6.45) is 0.304. The Kier molecular flexibility index (Phi) is 4.50. The highest BCUT2D eigenvalue weighted by molar-refractivity contribution is 6.07. The summed E-state index contributed by atoms with van der Waals surface area (Å²) in [6.45, 7) is 3.53. The number of urea groups is 1. The molecular formula is C16H20N4O4. The Morgan fingerprint density at radius 3 is 2.92 bits per heavy atom. The molecule has 3 rings (SSSR count). The van der Waals surface area contributed by atoms with Crippen molar-refractivity contribution in [3.63, 3.8) is 0 Å². The van der Waals surface area contributed by atoms with Crippen LogP contribution in [-0.2, 0) is 19.9 Å². The molecule has 0 aliphatic carbocycles. The van der Waals surface area contributed by atoms with Crippen LogP contribution in [0.2, 0.25) is 0 Å². The number of carbonyl (C=O) groups excluding carboxylic acids is 3. The average Bonchev–Trinajstić information content (AvgIpc) is 2.82. The normalized spacial score (nSPS) is 26.6. The summed E-state index contributed by atoms with van der Waals surface area (Å²) in [5.74, 6) is -0.556. The van der Waals surface area contributed by atoms with Crippen molar-refractivity contribution in [1.29, 1.82) is 0 Å². The van der Waals surface area contributed by atoms with Gasteiger partial charge < -0.3 is 20.7 Å². The van der Waals surface area contributed by atoms with E-state index in [1.165, 1.54) is 0 Å². The minimum absolute atomic E-state index is 0.000604. The molecule has 4 N–H and O–H groups in total. The van der Waals surface area contributed by atoms with E-state index in [0.717, 1.165) is 6.54 Å². The Labute approximate surface area is 139 Å². The van der Waals surface area contributed by atoms with Crippen LogP contribution < -0.4 is 21.3 Å². The summed E-state index contributed by atoms with van der Waals surface area (Å²) < 4.78 is 5.33. The molecule has 1 aromatic carbocycles. The number of ether oxygens (including phenoxy) is 1. The third-order valence-electron chi connectivity index (χ3n) is 4.20. The van der Waals surface area contributed by atoms with Crippen molar-refractivity contribution in [3.05, 3.63) is 29.8 Å². The number of amides is 4. The number of morpholine rings is 1. The van der Waals surface area contributed by atoms with E-state index >= 15 is 0 Å². The van der Waals surface area contributed by atoms with Crippen molar-refractivity contribution < 1.29 is 19.1 Å². The molecule has 128 valence electrons. The Morgan fingerprint density at radius 1 is 1.42 bits per heavy atom. The lowest BCUT2D eigenvalue weighted by Crippen LogP contribution is -2.43. The molecular weight excluding hydrogens is 312 g/mol. The number of nitrogens with one attached hydrogen (secondary N) is 4. The highest BCUT2D eigenvalue weighted by Crippen LogP contribution is 2.26. The van der Waals surface area contributed by atoms with Gasteiger partial charge in [0.1, 0.15) is 5.54 Å². The fraction of sp³-hybridized carbons (Fsp3) is 0.438. The number of anilines is 1. The summed E-state index contributed by atoms with van der Waals surface area (Å²) in [4.78, 5) is 35.5. The molecule has 0 radical (unpaired) electrons. The van der Waals surface area contributed by atoms with Gasteiger partial charge in [-0.15, -0.1) is 0 Å². The van der Waals surface area contributed by atoms with Gasteiger partial charge in [-0.2, -0.15) is 0 Å². The van der Waals surface area contributed by atoms with Crippen LogP contribution in [0.3, 0.4) is 0 Å². The lowest BCUT2D eigenvalue weighted by Gasteiger charge is -2.24.